The Morgan fingerprint density at radius 1 is 0.818 bits per heavy atom. The molecule has 33 heavy (non-hydrogen) atoms. The van der Waals surface area contributed by atoms with Gasteiger partial charge in [0.2, 0.25) is 0 Å². The molecule has 0 fully saturated rings. The molecule has 6 rings (SSSR count). The molecule has 5 aromatic rings. The van der Waals surface area contributed by atoms with Gasteiger partial charge in [-0.3, -0.25) is 4.98 Å². The molecule has 1 aromatic heterocycles. The van der Waals surface area contributed by atoms with E-state index in [9.17, 15) is 0 Å². The van der Waals surface area contributed by atoms with E-state index in [2.05, 4.69) is 111 Å². The molecular formula is C31H28N2. The summed E-state index contributed by atoms with van der Waals surface area (Å²) in [6.45, 7) is 9.09. The van der Waals surface area contributed by atoms with Crippen LogP contribution in [0.4, 0.5) is 17.1 Å². The third kappa shape index (κ3) is 3.21. The van der Waals surface area contributed by atoms with E-state index in [1.165, 1.54) is 49.6 Å². The maximum atomic E-state index is 5.04. The summed E-state index contributed by atoms with van der Waals surface area (Å²) in [5, 5.41) is 5.01. The van der Waals surface area contributed by atoms with Crippen LogP contribution >= 0.6 is 0 Å². The second-order valence-electron chi connectivity index (χ2n) is 10.4. The smallest absolute Gasteiger partial charge is 0.0956 e. The molecule has 2 heteroatoms. The van der Waals surface area contributed by atoms with Crippen LogP contribution in [0, 0.1) is 12.3 Å². The van der Waals surface area contributed by atoms with Crippen molar-refractivity contribution in [3.63, 3.8) is 0 Å². The zero-order valence-electron chi connectivity index (χ0n) is 19.7. The number of pyridine rings is 1. The topological polar surface area (TPSA) is 16.1 Å². The third-order valence-electron chi connectivity index (χ3n) is 6.63. The third-order valence-corrected chi connectivity index (χ3v) is 6.63. The first-order chi connectivity index (χ1) is 15.9. The Kier molecular flexibility index (Phi) is 4.35. The molecular weight excluding hydrogens is 400 g/mol. The van der Waals surface area contributed by atoms with Crippen molar-refractivity contribution in [1.29, 1.82) is 0 Å². The Hall–Kier alpha value is -3.65. The number of nitrogens with zero attached hydrogens (tertiary/aromatic N) is 2. The van der Waals surface area contributed by atoms with Crippen molar-refractivity contribution < 1.29 is 0 Å². The molecule has 0 spiro atoms. The second kappa shape index (κ2) is 7.18. The van der Waals surface area contributed by atoms with Crippen molar-refractivity contribution in [2.75, 3.05) is 4.90 Å². The summed E-state index contributed by atoms with van der Waals surface area (Å²) in [6, 6.07) is 28.7. The van der Waals surface area contributed by atoms with Gasteiger partial charge in [-0.1, -0.05) is 75.4 Å². The first-order valence-electron chi connectivity index (χ1n) is 11.7. The Morgan fingerprint density at radius 3 is 2.42 bits per heavy atom. The average Bonchev–Trinajstić information content (AvgIpc) is 2.80. The van der Waals surface area contributed by atoms with Gasteiger partial charge >= 0.3 is 0 Å². The quantitative estimate of drug-likeness (QED) is 0.274. The van der Waals surface area contributed by atoms with E-state index in [1.54, 1.807) is 0 Å². The highest BCUT2D eigenvalue weighted by atomic mass is 15.2. The Bertz CT molecular complexity index is 1520. The van der Waals surface area contributed by atoms with E-state index in [0.29, 0.717) is 0 Å². The van der Waals surface area contributed by atoms with Crippen LogP contribution in [0.5, 0.6) is 0 Å². The van der Waals surface area contributed by atoms with Gasteiger partial charge in [-0.25, -0.2) is 0 Å². The summed E-state index contributed by atoms with van der Waals surface area (Å²) in [5.41, 5.74) is 8.73. The van der Waals surface area contributed by atoms with E-state index in [1.807, 2.05) is 6.20 Å². The average molecular weight is 429 g/mol. The van der Waals surface area contributed by atoms with E-state index in [0.717, 1.165) is 17.8 Å². The standard InChI is InChI=1S/C31H28N2/c1-20-13-16-25-28-24(20)11-8-12-27(28)33(23-9-6-5-7-10-23)30-26-17-21(18-31(2,3)4)14-15-22(26)19-32-29(25)30/h5-17,19H,18H2,1-4H3. The minimum Gasteiger partial charge on any atom is -0.307 e. The number of aryl methyl sites for hydroxylation is 1. The molecule has 0 aliphatic carbocycles. The summed E-state index contributed by atoms with van der Waals surface area (Å²) in [4.78, 5) is 7.46. The summed E-state index contributed by atoms with van der Waals surface area (Å²) in [7, 11) is 0. The lowest BCUT2D eigenvalue weighted by molar-refractivity contribution is 0.411. The molecule has 0 saturated heterocycles. The van der Waals surface area contributed by atoms with E-state index in [-0.39, 0.29) is 5.41 Å². The van der Waals surface area contributed by atoms with Gasteiger partial charge < -0.3 is 4.90 Å². The van der Waals surface area contributed by atoms with Gasteiger partial charge in [0.1, 0.15) is 0 Å². The maximum absolute atomic E-state index is 5.04. The lowest BCUT2D eigenvalue weighted by Gasteiger charge is -2.34. The first-order valence-corrected chi connectivity index (χ1v) is 11.7. The molecule has 0 radical (unpaired) electrons. The largest absolute Gasteiger partial charge is 0.307 e. The van der Waals surface area contributed by atoms with Gasteiger partial charge in [0.25, 0.3) is 0 Å². The molecule has 0 unspecified atom stereocenters. The molecule has 1 aliphatic heterocycles. The fourth-order valence-electron chi connectivity index (χ4n) is 5.27. The van der Waals surface area contributed by atoms with Crippen LogP contribution in [0.1, 0.15) is 31.9 Å². The van der Waals surface area contributed by atoms with Gasteiger partial charge in [0.15, 0.2) is 0 Å². The van der Waals surface area contributed by atoms with Gasteiger partial charge in [-0.05, 0) is 59.5 Å². The summed E-state index contributed by atoms with van der Waals surface area (Å²) in [5.74, 6) is 0. The highest BCUT2D eigenvalue weighted by Gasteiger charge is 2.29. The minimum atomic E-state index is 0.232. The number of hydrogen-bond acceptors (Lipinski definition) is 2. The number of rotatable bonds is 2. The van der Waals surface area contributed by atoms with E-state index >= 15 is 0 Å². The van der Waals surface area contributed by atoms with Crippen molar-refractivity contribution in [3.05, 3.63) is 96.2 Å². The Balaban J connectivity index is 1.74. The molecule has 0 bridgehead atoms. The molecule has 1 aliphatic rings. The molecule has 162 valence electrons. The monoisotopic (exact) mass is 428 g/mol. The first kappa shape index (κ1) is 20.0. The molecule has 0 amide bonds. The molecule has 0 N–H and O–H groups in total. The number of aromatic nitrogens is 1. The van der Waals surface area contributed by atoms with Crippen LogP contribution < -0.4 is 4.90 Å². The Labute approximate surface area is 195 Å². The molecule has 4 aromatic carbocycles. The summed E-state index contributed by atoms with van der Waals surface area (Å²) >= 11 is 0. The van der Waals surface area contributed by atoms with Crippen molar-refractivity contribution in [2.24, 2.45) is 5.41 Å². The zero-order valence-corrected chi connectivity index (χ0v) is 19.7. The van der Waals surface area contributed by atoms with Gasteiger partial charge in [-0.15, -0.1) is 0 Å². The molecule has 0 saturated carbocycles. The van der Waals surface area contributed by atoms with Crippen LogP contribution in [0.15, 0.2) is 85.1 Å². The lowest BCUT2D eigenvalue weighted by Crippen LogP contribution is -2.16. The van der Waals surface area contributed by atoms with Crippen LogP contribution in [-0.4, -0.2) is 4.98 Å². The van der Waals surface area contributed by atoms with E-state index in [4.69, 9.17) is 4.98 Å². The van der Waals surface area contributed by atoms with Crippen molar-refractivity contribution in [3.8, 4) is 11.3 Å². The normalized spacial score (nSPS) is 12.9. The SMILES string of the molecule is Cc1ccc2c3c(cccc13)N(c1ccccc1)c1c-2ncc2ccc(CC(C)(C)C)cc12. The number of benzene rings is 4. The van der Waals surface area contributed by atoms with Crippen LogP contribution in [0.25, 0.3) is 32.8 Å². The number of hydrogen-bond donors (Lipinski definition) is 0. The number of fused-ring (bicyclic) bond motifs is 4. The lowest BCUT2D eigenvalue weighted by atomic mass is 9.86. The molecule has 2 nitrogen and oxygen atoms in total. The van der Waals surface area contributed by atoms with Crippen LogP contribution in [0.3, 0.4) is 0 Å². The van der Waals surface area contributed by atoms with E-state index < -0.39 is 0 Å². The highest BCUT2D eigenvalue weighted by Crippen LogP contribution is 2.52. The maximum Gasteiger partial charge on any atom is 0.0956 e. The van der Waals surface area contributed by atoms with Gasteiger partial charge in [-0.2, -0.15) is 0 Å². The zero-order chi connectivity index (χ0) is 22.7. The number of para-hydroxylation sites is 1. The fraction of sp³-hybridized carbons (Fsp3) is 0.194. The van der Waals surface area contributed by atoms with Gasteiger partial charge in [0.05, 0.1) is 17.1 Å². The molecule has 2 heterocycles. The number of anilines is 3. The summed E-state index contributed by atoms with van der Waals surface area (Å²) in [6.07, 6.45) is 3.08. The predicted octanol–water partition coefficient (Wildman–Crippen LogP) is 8.74. The van der Waals surface area contributed by atoms with Crippen molar-refractivity contribution >= 4 is 38.6 Å². The van der Waals surface area contributed by atoms with Crippen LogP contribution in [-0.2, 0) is 6.42 Å². The minimum absolute atomic E-state index is 0.232. The van der Waals surface area contributed by atoms with Crippen LogP contribution in [0.2, 0.25) is 0 Å². The highest BCUT2D eigenvalue weighted by molar-refractivity contribution is 6.18. The van der Waals surface area contributed by atoms with Crippen molar-refractivity contribution in [2.45, 2.75) is 34.1 Å². The summed E-state index contributed by atoms with van der Waals surface area (Å²) < 4.78 is 0. The van der Waals surface area contributed by atoms with Gasteiger partial charge in [0, 0.05) is 33.6 Å². The second-order valence-corrected chi connectivity index (χ2v) is 10.4. The predicted molar refractivity (Wildman–Crippen MR) is 141 cm³/mol. The Morgan fingerprint density at radius 2 is 1.64 bits per heavy atom. The van der Waals surface area contributed by atoms with Crippen molar-refractivity contribution in [1.82, 2.24) is 4.98 Å². The fourth-order valence-corrected chi connectivity index (χ4v) is 5.27. The molecule has 0 atom stereocenters.